The van der Waals surface area contributed by atoms with Crippen LogP contribution in [0.4, 0.5) is 18.3 Å². The van der Waals surface area contributed by atoms with Gasteiger partial charge in [-0.05, 0) is 44.2 Å². The Labute approximate surface area is 196 Å². The van der Waals surface area contributed by atoms with Crippen molar-refractivity contribution >= 4 is 44.2 Å². The number of ether oxygens (including phenoxy) is 1. The van der Waals surface area contributed by atoms with Crippen LogP contribution in [0.2, 0.25) is 5.02 Å². The summed E-state index contributed by atoms with van der Waals surface area (Å²) in [6.07, 6.45) is -4.40. The summed E-state index contributed by atoms with van der Waals surface area (Å²) in [7, 11) is 0. The average molecular weight is 500 g/mol. The molecule has 176 valence electrons. The van der Waals surface area contributed by atoms with Gasteiger partial charge in [0.15, 0.2) is 5.13 Å². The Kier molecular flexibility index (Phi) is 6.54. The van der Waals surface area contributed by atoms with Crippen molar-refractivity contribution in [2.75, 3.05) is 18.4 Å². The lowest BCUT2D eigenvalue weighted by Gasteiger charge is -2.35. The quantitative estimate of drug-likeness (QED) is 0.493. The van der Waals surface area contributed by atoms with Gasteiger partial charge in [0.05, 0.1) is 33.6 Å². The van der Waals surface area contributed by atoms with Gasteiger partial charge < -0.3 is 9.84 Å². The Morgan fingerprint density at radius 2 is 1.97 bits per heavy atom. The van der Waals surface area contributed by atoms with Gasteiger partial charge in [-0.3, -0.25) is 15.0 Å². The number of aromatic hydroxyl groups is 1. The third-order valence-electron chi connectivity index (χ3n) is 5.22. The van der Waals surface area contributed by atoms with E-state index in [4.69, 9.17) is 16.3 Å². The lowest BCUT2D eigenvalue weighted by molar-refractivity contribution is -0.137. The van der Waals surface area contributed by atoms with Gasteiger partial charge in [-0.15, -0.1) is 0 Å². The molecule has 2 N–H and O–H groups in total. The zero-order valence-corrected chi connectivity index (χ0v) is 19.3. The maximum atomic E-state index is 12.9. The minimum Gasteiger partial charge on any atom is -0.507 e. The zero-order chi connectivity index (χ0) is 23.9. The summed E-state index contributed by atoms with van der Waals surface area (Å²) < 4.78 is 44.9. The normalized spacial score (nSPS) is 19.7. The van der Waals surface area contributed by atoms with Gasteiger partial charge >= 0.3 is 6.18 Å². The predicted octanol–water partition coefficient (Wildman–Crippen LogP) is 5.54. The van der Waals surface area contributed by atoms with E-state index in [9.17, 15) is 23.1 Å². The fraction of sp³-hybridized carbons (Fsp3) is 0.364. The van der Waals surface area contributed by atoms with Crippen LogP contribution in [-0.4, -0.2) is 46.2 Å². The van der Waals surface area contributed by atoms with Crippen molar-refractivity contribution in [3.63, 3.8) is 0 Å². The molecule has 2 heterocycles. The van der Waals surface area contributed by atoms with Crippen LogP contribution in [0, 0.1) is 0 Å². The number of aromatic nitrogens is 1. The summed E-state index contributed by atoms with van der Waals surface area (Å²) in [6, 6.07) is 6.13. The number of carbonyl (C=O) groups is 1. The maximum Gasteiger partial charge on any atom is 0.416 e. The molecule has 1 aromatic heterocycles. The molecular formula is C22H21ClF3N3O3S. The van der Waals surface area contributed by atoms with Crippen molar-refractivity contribution in [3.05, 3.63) is 52.0 Å². The summed E-state index contributed by atoms with van der Waals surface area (Å²) in [4.78, 5) is 19.1. The molecule has 1 amide bonds. The maximum absolute atomic E-state index is 12.9. The number of benzene rings is 2. The van der Waals surface area contributed by atoms with Crippen LogP contribution in [0.3, 0.4) is 0 Å². The topological polar surface area (TPSA) is 74.7 Å². The lowest BCUT2D eigenvalue weighted by Crippen LogP contribution is -2.44. The van der Waals surface area contributed by atoms with Crippen LogP contribution in [-0.2, 0) is 17.5 Å². The third kappa shape index (κ3) is 5.40. The van der Waals surface area contributed by atoms with Gasteiger partial charge in [-0.1, -0.05) is 22.9 Å². The number of alkyl halides is 3. The van der Waals surface area contributed by atoms with Crippen molar-refractivity contribution in [1.82, 2.24) is 9.88 Å². The van der Waals surface area contributed by atoms with Crippen molar-refractivity contribution in [2.24, 2.45) is 0 Å². The van der Waals surface area contributed by atoms with E-state index in [-0.39, 0.29) is 38.4 Å². The second-order valence-electron chi connectivity index (χ2n) is 8.07. The molecular weight excluding hydrogens is 479 g/mol. The lowest BCUT2D eigenvalue weighted by atomic mass is 10.1. The van der Waals surface area contributed by atoms with Gasteiger partial charge in [0, 0.05) is 30.2 Å². The van der Waals surface area contributed by atoms with Crippen LogP contribution in [0.1, 0.15) is 35.3 Å². The number of nitrogens with one attached hydrogen (secondary N) is 1. The van der Waals surface area contributed by atoms with Crippen LogP contribution >= 0.6 is 22.9 Å². The first-order valence-electron chi connectivity index (χ1n) is 10.2. The summed E-state index contributed by atoms with van der Waals surface area (Å²) >= 11 is 7.13. The van der Waals surface area contributed by atoms with E-state index in [0.29, 0.717) is 30.7 Å². The molecule has 4 rings (SSSR count). The molecule has 1 aliphatic heterocycles. The number of thiazole rings is 1. The standard InChI is InChI=1S/C22H21ClF3N3O3S/c1-11-8-29(9-12(2)32-11)10-13-5-15(23)7-16(19(13)30)20(31)28-21-27-17-4-3-14(22(24,25)26)6-18(17)33-21/h3-7,11-12,30H,8-10H2,1-2H3,(H,27,28,31)/t11-,12+. The molecule has 1 aliphatic rings. The molecule has 0 aliphatic carbocycles. The highest BCUT2D eigenvalue weighted by atomic mass is 35.5. The highest BCUT2D eigenvalue weighted by Gasteiger charge is 2.31. The first-order valence-corrected chi connectivity index (χ1v) is 11.4. The molecule has 11 heteroatoms. The molecule has 3 aromatic rings. The van der Waals surface area contributed by atoms with Crippen LogP contribution in [0.15, 0.2) is 30.3 Å². The van der Waals surface area contributed by atoms with Crippen molar-refractivity contribution in [1.29, 1.82) is 0 Å². The van der Waals surface area contributed by atoms with Crippen molar-refractivity contribution in [2.45, 2.75) is 38.8 Å². The summed E-state index contributed by atoms with van der Waals surface area (Å²) in [6.45, 7) is 5.66. The molecule has 1 fully saturated rings. The summed E-state index contributed by atoms with van der Waals surface area (Å²) in [5.41, 5.74) is -0.00886. The SMILES string of the molecule is C[C@@H]1CN(Cc2cc(Cl)cc(C(=O)Nc3nc4ccc(C(F)(F)F)cc4s3)c2O)C[C@H](C)O1. The molecule has 2 atom stereocenters. The number of hydrogen-bond donors (Lipinski definition) is 2. The summed E-state index contributed by atoms with van der Waals surface area (Å²) in [5.74, 6) is -0.862. The number of amides is 1. The number of rotatable bonds is 4. The molecule has 33 heavy (non-hydrogen) atoms. The second-order valence-corrected chi connectivity index (χ2v) is 9.53. The van der Waals surface area contributed by atoms with Crippen molar-refractivity contribution < 1.29 is 27.8 Å². The fourth-order valence-electron chi connectivity index (χ4n) is 3.92. The van der Waals surface area contributed by atoms with E-state index in [1.807, 2.05) is 13.8 Å². The minimum absolute atomic E-state index is 0.0368. The number of anilines is 1. The van der Waals surface area contributed by atoms with E-state index >= 15 is 0 Å². The van der Waals surface area contributed by atoms with Gasteiger partial charge in [-0.2, -0.15) is 13.2 Å². The number of fused-ring (bicyclic) bond motifs is 1. The van der Waals surface area contributed by atoms with E-state index < -0.39 is 17.6 Å². The van der Waals surface area contributed by atoms with E-state index in [1.165, 1.54) is 12.1 Å². The molecule has 0 saturated carbocycles. The zero-order valence-electron chi connectivity index (χ0n) is 17.7. The number of morpholine rings is 1. The van der Waals surface area contributed by atoms with Gasteiger partial charge in [-0.25, -0.2) is 4.98 Å². The fourth-order valence-corrected chi connectivity index (χ4v) is 5.06. The molecule has 1 saturated heterocycles. The summed E-state index contributed by atoms with van der Waals surface area (Å²) in [5, 5.41) is 13.7. The monoisotopic (exact) mass is 499 g/mol. The largest absolute Gasteiger partial charge is 0.507 e. The number of halogens is 4. The molecule has 0 radical (unpaired) electrons. The van der Waals surface area contributed by atoms with Gasteiger partial charge in [0.25, 0.3) is 5.91 Å². The van der Waals surface area contributed by atoms with Crippen LogP contribution in [0.5, 0.6) is 5.75 Å². The average Bonchev–Trinajstić information content (AvgIpc) is 3.10. The van der Waals surface area contributed by atoms with E-state index in [2.05, 4.69) is 15.2 Å². The highest BCUT2D eigenvalue weighted by Crippen LogP contribution is 2.35. The Balaban J connectivity index is 1.56. The van der Waals surface area contributed by atoms with E-state index in [0.717, 1.165) is 23.5 Å². The molecule has 0 unspecified atom stereocenters. The molecule has 0 spiro atoms. The van der Waals surface area contributed by atoms with Crippen LogP contribution < -0.4 is 5.32 Å². The van der Waals surface area contributed by atoms with E-state index in [1.54, 1.807) is 6.07 Å². The van der Waals surface area contributed by atoms with Crippen LogP contribution in [0.25, 0.3) is 10.2 Å². The Morgan fingerprint density at radius 3 is 2.64 bits per heavy atom. The number of nitrogens with zero attached hydrogens (tertiary/aromatic N) is 2. The molecule has 0 bridgehead atoms. The third-order valence-corrected chi connectivity index (χ3v) is 6.38. The first-order chi connectivity index (χ1) is 15.5. The Bertz CT molecular complexity index is 1190. The van der Waals surface area contributed by atoms with Gasteiger partial charge in [0.2, 0.25) is 0 Å². The Hall–Kier alpha value is -2.40. The predicted molar refractivity (Wildman–Crippen MR) is 121 cm³/mol. The number of phenols is 1. The number of carbonyl (C=O) groups excluding carboxylic acids is 1. The number of phenolic OH excluding ortho intramolecular Hbond substituents is 1. The van der Waals surface area contributed by atoms with Crippen molar-refractivity contribution in [3.8, 4) is 5.75 Å². The first kappa shape index (κ1) is 23.7. The molecule has 6 nitrogen and oxygen atoms in total. The van der Waals surface area contributed by atoms with Gasteiger partial charge in [0.1, 0.15) is 5.75 Å². The second kappa shape index (κ2) is 9.09. The number of hydrogen-bond acceptors (Lipinski definition) is 6. The smallest absolute Gasteiger partial charge is 0.416 e. The highest BCUT2D eigenvalue weighted by molar-refractivity contribution is 7.22. The minimum atomic E-state index is -4.47. The Morgan fingerprint density at radius 1 is 1.27 bits per heavy atom. The molecule has 2 aromatic carbocycles.